The summed E-state index contributed by atoms with van der Waals surface area (Å²) in [6.45, 7) is 4.08. The molecule has 7 heteroatoms. The Morgan fingerprint density at radius 3 is 2.57 bits per heavy atom. The molecule has 0 amide bonds. The van der Waals surface area contributed by atoms with Crippen LogP contribution in [-0.2, 0) is 4.79 Å². The molecule has 0 saturated carbocycles. The highest BCUT2D eigenvalue weighted by Gasteiger charge is 2.39. The number of nitro groups is 1. The average Bonchev–Trinajstić information content (AvgIpc) is 2.77. The SMILES string of the molecule is CC1(C)CC(=O)C2=C(C1)Nc1ccccc1NC2c1cc([N+](=O)[O-])ccc1O. The number of hydrogen-bond donors (Lipinski definition) is 3. The fourth-order valence-electron chi connectivity index (χ4n) is 4.01. The van der Waals surface area contributed by atoms with Crippen LogP contribution >= 0.6 is 0 Å². The summed E-state index contributed by atoms with van der Waals surface area (Å²) in [6, 6.07) is 10.8. The summed E-state index contributed by atoms with van der Waals surface area (Å²) in [5, 5.41) is 28.4. The zero-order chi connectivity index (χ0) is 20.1. The second kappa shape index (κ2) is 6.37. The second-order valence-corrected chi connectivity index (χ2v) is 8.08. The van der Waals surface area contributed by atoms with Gasteiger partial charge in [0, 0.05) is 35.4 Å². The number of hydrogen-bond acceptors (Lipinski definition) is 6. The Kier molecular flexibility index (Phi) is 4.10. The largest absolute Gasteiger partial charge is 0.508 e. The quantitative estimate of drug-likeness (QED) is 0.523. The number of phenols is 1. The van der Waals surface area contributed by atoms with Crippen molar-refractivity contribution >= 4 is 22.8 Å². The molecule has 2 aromatic rings. The molecule has 1 heterocycles. The number of nitrogens with zero attached hydrogens (tertiary/aromatic N) is 1. The summed E-state index contributed by atoms with van der Waals surface area (Å²) in [7, 11) is 0. The molecule has 3 N–H and O–H groups in total. The van der Waals surface area contributed by atoms with Gasteiger partial charge in [0.05, 0.1) is 22.3 Å². The van der Waals surface area contributed by atoms with E-state index < -0.39 is 11.0 Å². The maximum absolute atomic E-state index is 13.1. The van der Waals surface area contributed by atoms with Crippen LogP contribution in [0.15, 0.2) is 53.7 Å². The van der Waals surface area contributed by atoms with Gasteiger partial charge in [-0.05, 0) is 30.0 Å². The molecule has 7 nitrogen and oxygen atoms in total. The molecule has 1 aliphatic heterocycles. The third kappa shape index (κ3) is 3.09. The fourth-order valence-corrected chi connectivity index (χ4v) is 4.01. The van der Waals surface area contributed by atoms with Gasteiger partial charge in [0.1, 0.15) is 5.75 Å². The minimum Gasteiger partial charge on any atom is -0.508 e. The zero-order valence-corrected chi connectivity index (χ0v) is 15.7. The first kappa shape index (κ1) is 18.0. The van der Waals surface area contributed by atoms with Crippen molar-refractivity contribution in [3.63, 3.8) is 0 Å². The van der Waals surface area contributed by atoms with Crippen LogP contribution in [0, 0.1) is 15.5 Å². The van der Waals surface area contributed by atoms with E-state index >= 15 is 0 Å². The van der Waals surface area contributed by atoms with Gasteiger partial charge in [-0.1, -0.05) is 26.0 Å². The summed E-state index contributed by atoms with van der Waals surface area (Å²) >= 11 is 0. The van der Waals surface area contributed by atoms with Crippen LogP contribution in [0.5, 0.6) is 5.75 Å². The van der Waals surface area contributed by atoms with Gasteiger partial charge in [-0.3, -0.25) is 14.9 Å². The number of benzene rings is 2. The molecule has 0 fully saturated rings. The Balaban J connectivity index is 1.93. The molecule has 0 radical (unpaired) electrons. The third-order valence-corrected chi connectivity index (χ3v) is 5.25. The molecule has 144 valence electrons. The number of phenolic OH excluding ortho intramolecular Hbond substituents is 1. The van der Waals surface area contributed by atoms with E-state index in [9.17, 15) is 20.0 Å². The molecule has 1 atom stereocenters. The number of anilines is 2. The zero-order valence-electron chi connectivity index (χ0n) is 15.7. The van der Waals surface area contributed by atoms with E-state index in [1.807, 2.05) is 38.1 Å². The lowest BCUT2D eigenvalue weighted by atomic mass is 9.73. The molecule has 1 unspecified atom stereocenters. The van der Waals surface area contributed by atoms with E-state index in [4.69, 9.17) is 0 Å². The molecular weight excluding hydrogens is 358 g/mol. The van der Waals surface area contributed by atoms with Gasteiger partial charge in [0.2, 0.25) is 0 Å². The summed E-state index contributed by atoms with van der Waals surface area (Å²) in [4.78, 5) is 23.9. The van der Waals surface area contributed by atoms with Crippen molar-refractivity contribution in [3.05, 3.63) is 69.4 Å². The van der Waals surface area contributed by atoms with E-state index in [0.717, 1.165) is 17.1 Å². The minimum absolute atomic E-state index is 0.0324. The molecule has 4 rings (SSSR count). The minimum atomic E-state index is -0.686. The van der Waals surface area contributed by atoms with Gasteiger partial charge in [-0.25, -0.2) is 0 Å². The number of rotatable bonds is 2. The van der Waals surface area contributed by atoms with Crippen LogP contribution in [0.3, 0.4) is 0 Å². The van der Waals surface area contributed by atoms with Crippen LogP contribution < -0.4 is 10.6 Å². The molecule has 0 saturated heterocycles. The highest BCUT2D eigenvalue weighted by Crippen LogP contribution is 2.47. The summed E-state index contributed by atoms with van der Waals surface area (Å²) < 4.78 is 0. The van der Waals surface area contributed by atoms with Gasteiger partial charge in [0.15, 0.2) is 5.78 Å². The van der Waals surface area contributed by atoms with Crippen molar-refractivity contribution in [3.8, 4) is 5.75 Å². The number of nitrogens with one attached hydrogen (secondary N) is 2. The molecular formula is C21H21N3O4. The monoisotopic (exact) mass is 379 g/mol. The predicted molar refractivity (Wildman–Crippen MR) is 106 cm³/mol. The molecule has 0 bridgehead atoms. The van der Waals surface area contributed by atoms with Crippen molar-refractivity contribution in [1.29, 1.82) is 0 Å². The number of Topliss-reactive ketones (excluding diaryl/α,β-unsaturated/α-hetero) is 1. The molecule has 0 spiro atoms. The van der Waals surface area contributed by atoms with Crippen LogP contribution in [0.2, 0.25) is 0 Å². The Morgan fingerprint density at radius 2 is 1.86 bits per heavy atom. The fraction of sp³-hybridized carbons (Fsp3) is 0.286. The number of allylic oxidation sites excluding steroid dienone is 1. The highest BCUT2D eigenvalue weighted by molar-refractivity contribution is 6.01. The Morgan fingerprint density at radius 1 is 1.14 bits per heavy atom. The number of aromatic hydroxyl groups is 1. The normalized spacial score (nSPS) is 20.4. The first-order valence-corrected chi connectivity index (χ1v) is 9.11. The van der Waals surface area contributed by atoms with Crippen LogP contribution in [0.25, 0.3) is 0 Å². The lowest BCUT2D eigenvalue weighted by Crippen LogP contribution is -2.31. The average molecular weight is 379 g/mol. The van der Waals surface area contributed by atoms with E-state index in [-0.39, 0.29) is 22.6 Å². The first-order valence-electron chi connectivity index (χ1n) is 9.11. The van der Waals surface area contributed by atoms with Gasteiger partial charge in [0.25, 0.3) is 5.69 Å². The van der Waals surface area contributed by atoms with Gasteiger partial charge < -0.3 is 15.7 Å². The number of nitro benzene ring substituents is 1. The Bertz CT molecular complexity index is 1030. The van der Waals surface area contributed by atoms with Gasteiger partial charge >= 0.3 is 0 Å². The van der Waals surface area contributed by atoms with E-state index in [1.165, 1.54) is 18.2 Å². The molecule has 2 aliphatic rings. The number of para-hydroxylation sites is 2. The molecule has 28 heavy (non-hydrogen) atoms. The maximum atomic E-state index is 13.1. The second-order valence-electron chi connectivity index (χ2n) is 8.08. The van der Waals surface area contributed by atoms with Crippen molar-refractivity contribution < 1.29 is 14.8 Å². The molecule has 2 aromatic carbocycles. The Labute approximate surface area is 162 Å². The van der Waals surface area contributed by atoms with E-state index in [1.54, 1.807) is 0 Å². The summed E-state index contributed by atoms with van der Waals surface area (Å²) in [5.41, 5.74) is 2.88. The van der Waals surface area contributed by atoms with Crippen molar-refractivity contribution in [2.45, 2.75) is 32.7 Å². The number of carbonyl (C=O) groups is 1. The molecule has 1 aliphatic carbocycles. The van der Waals surface area contributed by atoms with Crippen LogP contribution in [0.1, 0.15) is 38.3 Å². The number of ketones is 1. The summed E-state index contributed by atoms with van der Waals surface area (Å²) in [5.74, 6) is -0.123. The maximum Gasteiger partial charge on any atom is 0.270 e. The van der Waals surface area contributed by atoms with E-state index in [0.29, 0.717) is 24.0 Å². The van der Waals surface area contributed by atoms with Crippen molar-refractivity contribution in [2.75, 3.05) is 10.6 Å². The topological polar surface area (TPSA) is 104 Å². The summed E-state index contributed by atoms with van der Waals surface area (Å²) in [6.07, 6.45) is 1.04. The third-order valence-electron chi connectivity index (χ3n) is 5.25. The van der Waals surface area contributed by atoms with Crippen LogP contribution in [0.4, 0.5) is 17.1 Å². The van der Waals surface area contributed by atoms with Gasteiger partial charge in [-0.15, -0.1) is 0 Å². The Hall–Kier alpha value is -3.35. The lowest BCUT2D eigenvalue weighted by Gasteiger charge is -2.34. The lowest BCUT2D eigenvalue weighted by molar-refractivity contribution is -0.384. The van der Waals surface area contributed by atoms with Crippen molar-refractivity contribution in [2.24, 2.45) is 5.41 Å². The number of carbonyl (C=O) groups excluding carboxylic acids is 1. The van der Waals surface area contributed by atoms with E-state index in [2.05, 4.69) is 10.6 Å². The number of non-ortho nitro benzene ring substituents is 1. The predicted octanol–water partition coefficient (Wildman–Crippen LogP) is 4.52. The molecule has 0 aromatic heterocycles. The van der Waals surface area contributed by atoms with Crippen LogP contribution in [-0.4, -0.2) is 15.8 Å². The van der Waals surface area contributed by atoms with Crippen molar-refractivity contribution in [1.82, 2.24) is 0 Å². The standard InChI is InChI=1S/C21H21N3O4/c1-21(2)10-16-19(18(26)11-21)20(23-15-6-4-3-5-14(15)22-16)13-9-12(24(27)28)7-8-17(13)25/h3-9,20,22-23,25H,10-11H2,1-2H3. The number of fused-ring (bicyclic) bond motifs is 1. The van der Waals surface area contributed by atoms with Gasteiger partial charge in [-0.2, -0.15) is 0 Å². The smallest absolute Gasteiger partial charge is 0.270 e. The first-order chi connectivity index (χ1) is 13.2. The highest BCUT2D eigenvalue weighted by atomic mass is 16.6.